The molecule has 5 nitrogen and oxygen atoms in total. The van der Waals surface area contributed by atoms with Gasteiger partial charge in [0, 0.05) is 28.6 Å². The molecule has 0 bridgehead atoms. The zero-order valence-corrected chi connectivity index (χ0v) is 16.0. The topological polar surface area (TPSA) is 62.0 Å². The van der Waals surface area contributed by atoms with Crippen molar-refractivity contribution in [2.45, 2.75) is 0 Å². The minimum Gasteiger partial charge on any atom is -0.619 e. The number of hydrogen-bond donors (Lipinski definition) is 0. The lowest BCUT2D eigenvalue weighted by molar-refractivity contribution is -0.603. The van der Waals surface area contributed by atoms with Gasteiger partial charge in [0.2, 0.25) is 0 Å². The third-order valence-electron chi connectivity index (χ3n) is 5.14. The first kappa shape index (κ1) is 18.0. The second-order valence-electron chi connectivity index (χ2n) is 6.86. The molecule has 3 aromatic heterocycles. The van der Waals surface area contributed by atoms with Crippen LogP contribution >= 0.6 is 0 Å². The molecule has 0 amide bonds. The van der Waals surface area contributed by atoms with Crippen molar-refractivity contribution in [3.8, 4) is 28.1 Å². The molecule has 146 valence electrons. The van der Waals surface area contributed by atoms with Gasteiger partial charge in [-0.1, -0.05) is 18.2 Å². The molecule has 0 saturated carbocycles. The van der Waals surface area contributed by atoms with E-state index in [1.165, 1.54) is 18.5 Å². The van der Waals surface area contributed by atoms with Crippen LogP contribution in [0.1, 0.15) is 0 Å². The van der Waals surface area contributed by atoms with E-state index in [0.717, 1.165) is 26.6 Å². The fourth-order valence-corrected chi connectivity index (χ4v) is 3.75. The predicted molar refractivity (Wildman–Crippen MR) is 113 cm³/mol. The largest absolute Gasteiger partial charge is 0.619 e. The first-order chi connectivity index (χ1) is 14.7. The van der Waals surface area contributed by atoms with Gasteiger partial charge in [-0.15, -0.1) is 0 Å². The molecule has 0 aliphatic rings. The van der Waals surface area contributed by atoms with Gasteiger partial charge in [0.15, 0.2) is 18.0 Å². The van der Waals surface area contributed by atoms with E-state index in [4.69, 9.17) is 4.74 Å². The van der Waals surface area contributed by atoms with Gasteiger partial charge < -0.3 is 9.94 Å². The Labute approximate surface area is 171 Å². The Hall–Kier alpha value is -4.06. The SMILES string of the molecule is COc1ccc(-c2cc(-c3ccccc3F)nc3ncccc23)c2cc[n+]([O-])cc12. The van der Waals surface area contributed by atoms with Gasteiger partial charge in [-0.3, -0.25) is 0 Å². The summed E-state index contributed by atoms with van der Waals surface area (Å²) >= 11 is 0. The maximum absolute atomic E-state index is 14.5. The number of hydrogen-bond acceptors (Lipinski definition) is 4. The van der Waals surface area contributed by atoms with Crippen LogP contribution in [0.4, 0.5) is 4.39 Å². The summed E-state index contributed by atoms with van der Waals surface area (Å²) in [6.45, 7) is 0. The zero-order chi connectivity index (χ0) is 20.7. The van der Waals surface area contributed by atoms with Gasteiger partial charge in [-0.05, 0) is 47.5 Å². The second-order valence-corrected chi connectivity index (χ2v) is 6.86. The van der Waals surface area contributed by atoms with Crippen LogP contribution in [-0.2, 0) is 0 Å². The van der Waals surface area contributed by atoms with Gasteiger partial charge in [0.1, 0.15) is 11.6 Å². The summed E-state index contributed by atoms with van der Waals surface area (Å²) in [5.74, 6) is 0.253. The van der Waals surface area contributed by atoms with E-state index < -0.39 is 0 Å². The van der Waals surface area contributed by atoms with Crippen molar-refractivity contribution in [1.82, 2.24) is 9.97 Å². The molecule has 0 aliphatic carbocycles. The van der Waals surface area contributed by atoms with Gasteiger partial charge in [-0.2, -0.15) is 4.73 Å². The molecule has 6 heteroatoms. The van der Waals surface area contributed by atoms with Crippen LogP contribution in [-0.4, -0.2) is 17.1 Å². The first-order valence-corrected chi connectivity index (χ1v) is 9.36. The smallest absolute Gasteiger partial charge is 0.191 e. The fourth-order valence-electron chi connectivity index (χ4n) is 3.75. The van der Waals surface area contributed by atoms with Crippen LogP contribution in [0.15, 0.2) is 79.3 Å². The van der Waals surface area contributed by atoms with Crippen LogP contribution in [0.3, 0.4) is 0 Å². The normalized spacial score (nSPS) is 11.1. The summed E-state index contributed by atoms with van der Waals surface area (Å²) in [5, 5.41) is 14.3. The molecule has 0 spiro atoms. The monoisotopic (exact) mass is 397 g/mol. The molecule has 0 atom stereocenters. The standard InChI is InChI=1S/C24H16FN3O2/c1-30-23-9-8-15(16-10-12-28(29)14-20(16)23)19-13-22(18-5-2-3-7-21(18)25)27-24-17(19)6-4-11-26-24/h2-14H,1H3. The van der Waals surface area contributed by atoms with Crippen LogP contribution in [0.25, 0.3) is 44.2 Å². The third kappa shape index (κ3) is 2.90. The quantitative estimate of drug-likeness (QED) is 0.321. The van der Waals surface area contributed by atoms with E-state index in [9.17, 15) is 9.60 Å². The number of aromatic nitrogens is 3. The van der Waals surface area contributed by atoms with Crippen molar-refractivity contribution in [2.24, 2.45) is 0 Å². The Balaban J connectivity index is 1.87. The van der Waals surface area contributed by atoms with E-state index in [1.54, 1.807) is 37.6 Å². The average molecular weight is 397 g/mol. The molecule has 5 rings (SSSR count). The molecule has 3 heterocycles. The van der Waals surface area contributed by atoms with Crippen LogP contribution in [0.2, 0.25) is 0 Å². The maximum Gasteiger partial charge on any atom is 0.191 e. The summed E-state index contributed by atoms with van der Waals surface area (Å²) in [5.41, 5.74) is 3.15. The molecule has 0 radical (unpaired) electrons. The number of benzene rings is 2. The van der Waals surface area contributed by atoms with Crippen LogP contribution in [0, 0.1) is 11.0 Å². The van der Waals surface area contributed by atoms with Crippen molar-refractivity contribution in [2.75, 3.05) is 7.11 Å². The highest BCUT2D eigenvalue weighted by Crippen LogP contribution is 2.38. The van der Waals surface area contributed by atoms with Gasteiger partial charge >= 0.3 is 0 Å². The maximum atomic E-state index is 14.5. The van der Waals surface area contributed by atoms with Crippen molar-refractivity contribution in [1.29, 1.82) is 0 Å². The molecule has 0 saturated heterocycles. The Kier molecular flexibility index (Phi) is 4.25. The number of methoxy groups -OCH3 is 1. The molecule has 0 aliphatic heterocycles. The van der Waals surface area contributed by atoms with Crippen LogP contribution < -0.4 is 9.47 Å². The van der Waals surface area contributed by atoms with Gasteiger partial charge in [0.25, 0.3) is 0 Å². The van der Waals surface area contributed by atoms with Gasteiger partial charge in [-0.25, -0.2) is 14.4 Å². The number of pyridine rings is 3. The van der Waals surface area contributed by atoms with Crippen molar-refractivity contribution in [3.63, 3.8) is 0 Å². The summed E-state index contributed by atoms with van der Waals surface area (Å²) in [4.78, 5) is 8.99. The number of ether oxygens (including phenoxy) is 1. The number of fused-ring (bicyclic) bond motifs is 2. The van der Waals surface area contributed by atoms with E-state index in [0.29, 0.717) is 28.0 Å². The first-order valence-electron chi connectivity index (χ1n) is 9.36. The Bertz CT molecular complexity index is 1420. The molecule has 0 fully saturated rings. The Morgan fingerprint density at radius 1 is 0.900 bits per heavy atom. The molecular formula is C24H16FN3O2. The van der Waals surface area contributed by atoms with Crippen molar-refractivity contribution >= 4 is 21.8 Å². The van der Waals surface area contributed by atoms with Crippen LogP contribution in [0.5, 0.6) is 5.75 Å². The van der Waals surface area contributed by atoms with Crippen molar-refractivity contribution < 1.29 is 13.9 Å². The molecule has 0 unspecified atom stereocenters. The minimum atomic E-state index is -0.349. The molecule has 0 N–H and O–H groups in total. The Morgan fingerprint density at radius 3 is 2.60 bits per heavy atom. The highest BCUT2D eigenvalue weighted by Gasteiger charge is 2.16. The predicted octanol–water partition coefficient (Wildman–Crippen LogP) is 4.90. The summed E-state index contributed by atoms with van der Waals surface area (Å²) in [7, 11) is 1.57. The lowest BCUT2D eigenvalue weighted by Gasteiger charge is -2.14. The summed E-state index contributed by atoms with van der Waals surface area (Å²) in [6.07, 6.45) is 4.60. The van der Waals surface area contributed by atoms with E-state index >= 15 is 0 Å². The fraction of sp³-hybridized carbons (Fsp3) is 0.0417. The van der Waals surface area contributed by atoms with E-state index in [-0.39, 0.29) is 5.82 Å². The number of nitrogens with zero attached hydrogens (tertiary/aromatic N) is 3. The highest BCUT2D eigenvalue weighted by molar-refractivity contribution is 6.06. The Morgan fingerprint density at radius 2 is 1.77 bits per heavy atom. The molecular weight excluding hydrogens is 381 g/mol. The highest BCUT2D eigenvalue weighted by atomic mass is 19.1. The molecule has 5 aromatic rings. The molecule has 2 aromatic carbocycles. The lowest BCUT2D eigenvalue weighted by atomic mass is 9.95. The zero-order valence-electron chi connectivity index (χ0n) is 16.0. The lowest BCUT2D eigenvalue weighted by Crippen LogP contribution is -2.23. The van der Waals surface area contributed by atoms with Crippen molar-refractivity contribution in [3.05, 3.63) is 90.3 Å². The third-order valence-corrected chi connectivity index (χ3v) is 5.14. The minimum absolute atomic E-state index is 0.349. The number of rotatable bonds is 3. The van der Waals surface area contributed by atoms with E-state index in [1.807, 2.05) is 30.3 Å². The summed E-state index contributed by atoms with van der Waals surface area (Å²) in [6, 6.07) is 17.7. The second kappa shape index (κ2) is 7.08. The summed E-state index contributed by atoms with van der Waals surface area (Å²) < 4.78 is 20.7. The average Bonchev–Trinajstić information content (AvgIpc) is 2.78. The van der Waals surface area contributed by atoms with E-state index in [2.05, 4.69) is 9.97 Å². The molecule has 30 heavy (non-hydrogen) atoms. The van der Waals surface area contributed by atoms with Gasteiger partial charge in [0.05, 0.1) is 18.2 Å². The number of halogens is 1.